The first kappa shape index (κ1) is 11.1. The molecule has 1 heterocycles. The second-order valence-corrected chi connectivity index (χ2v) is 4.37. The van der Waals surface area contributed by atoms with Crippen molar-refractivity contribution in [1.82, 2.24) is 5.32 Å². The van der Waals surface area contributed by atoms with Gasteiger partial charge in [0.15, 0.2) is 0 Å². The highest BCUT2D eigenvalue weighted by Gasteiger charge is 2.17. The highest BCUT2D eigenvalue weighted by molar-refractivity contribution is 9.10. The molecule has 1 aliphatic heterocycles. The summed E-state index contributed by atoms with van der Waals surface area (Å²) in [6.45, 7) is 1.96. The molecule has 0 aliphatic carbocycles. The number of hydrogen-bond donors (Lipinski definition) is 1. The molecule has 2 rings (SSSR count). The lowest BCUT2D eigenvalue weighted by atomic mass is 10.2. The average Bonchev–Trinajstić information content (AvgIpc) is 2.60. The first-order chi connectivity index (χ1) is 7.69. The van der Waals surface area contributed by atoms with E-state index >= 15 is 0 Å². The van der Waals surface area contributed by atoms with E-state index in [9.17, 15) is 4.79 Å². The lowest BCUT2D eigenvalue weighted by Gasteiger charge is -1.95. The number of benzene rings is 1. The molecule has 1 aromatic rings. The Balaban J connectivity index is 2.31. The molecular formula is C12H11BrN2O. The molecule has 0 atom stereocenters. The first-order valence-electron chi connectivity index (χ1n) is 5.05. The minimum Gasteiger partial charge on any atom is -0.309 e. The highest BCUT2D eigenvalue weighted by atomic mass is 79.9. The Bertz CT molecular complexity index is 492. The van der Waals surface area contributed by atoms with E-state index < -0.39 is 0 Å². The zero-order chi connectivity index (χ0) is 11.5. The van der Waals surface area contributed by atoms with Gasteiger partial charge in [0.1, 0.15) is 11.5 Å². The van der Waals surface area contributed by atoms with Crippen LogP contribution in [0.3, 0.4) is 0 Å². The number of carbonyl (C=O) groups is 1. The second-order valence-electron chi connectivity index (χ2n) is 3.45. The molecule has 16 heavy (non-hydrogen) atoms. The molecule has 1 N–H and O–H groups in total. The Labute approximate surface area is 102 Å². The lowest BCUT2D eigenvalue weighted by Crippen LogP contribution is -2.22. The summed E-state index contributed by atoms with van der Waals surface area (Å²) in [5.41, 5.74) is 1.43. The zero-order valence-corrected chi connectivity index (χ0v) is 10.4. The Morgan fingerprint density at radius 2 is 2.31 bits per heavy atom. The third-order valence-electron chi connectivity index (χ3n) is 2.23. The van der Waals surface area contributed by atoms with Gasteiger partial charge in [-0.2, -0.15) is 0 Å². The topological polar surface area (TPSA) is 41.5 Å². The van der Waals surface area contributed by atoms with E-state index in [0.29, 0.717) is 5.70 Å². The van der Waals surface area contributed by atoms with Gasteiger partial charge in [-0.25, -0.2) is 4.99 Å². The lowest BCUT2D eigenvalue weighted by molar-refractivity contribution is -0.115. The van der Waals surface area contributed by atoms with Gasteiger partial charge in [0.25, 0.3) is 5.91 Å². The van der Waals surface area contributed by atoms with Gasteiger partial charge in [-0.3, -0.25) is 4.79 Å². The Hall–Kier alpha value is -1.42. The molecule has 0 fully saturated rings. The van der Waals surface area contributed by atoms with E-state index in [1.807, 2.05) is 31.2 Å². The van der Waals surface area contributed by atoms with Gasteiger partial charge in [0.2, 0.25) is 0 Å². The summed E-state index contributed by atoms with van der Waals surface area (Å²) in [5, 5.41) is 2.72. The van der Waals surface area contributed by atoms with E-state index in [-0.39, 0.29) is 5.91 Å². The second kappa shape index (κ2) is 4.61. The van der Waals surface area contributed by atoms with Gasteiger partial charge < -0.3 is 5.32 Å². The van der Waals surface area contributed by atoms with Crippen molar-refractivity contribution in [3.05, 3.63) is 40.0 Å². The van der Waals surface area contributed by atoms with Crippen LogP contribution in [-0.2, 0) is 4.79 Å². The fraction of sp³-hybridized carbons (Fsp3) is 0.167. The Morgan fingerprint density at radius 3 is 2.94 bits per heavy atom. The van der Waals surface area contributed by atoms with E-state index in [4.69, 9.17) is 0 Å². The number of rotatable bonds is 2. The maximum absolute atomic E-state index is 11.5. The molecule has 0 spiro atoms. The Kier molecular flexibility index (Phi) is 3.19. The van der Waals surface area contributed by atoms with Crippen molar-refractivity contribution in [2.45, 2.75) is 13.3 Å². The summed E-state index contributed by atoms with van der Waals surface area (Å²) in [4.78, 5) is 15.7. The van der Waals surface area contributed by atoms with Crippen molar-refractivity contribution >= 4 is 33.7 Å². The van der Waals surface area contributed by atoms with Gasteiger partial charge in [-0.1, -0.05) is 35.0 Å². The number of nitrogens with zero attached hydrogens (tertiary/aromatic N) is 1. The normalized spacial score (nSPS) is 17.5. The summed E-state index contributed by atoms with van der Waals surface area (Å²) in [5.74, 6) is 0.600. The monoisotopic (exact) mass is 278 g/mol. The van der Waals surface area contributed by atoms with Crippen molar-refractivity contribution in [2.24, 2.45) is 4.99 Å². The van der Waals surface area contributed by atoms with Crippen molar-refractivity contribution in [2.75, 3.05) is 0 Å². The van der Waals surface area contributed by atoms with Crippen molar-refractivity contribution in [3.8, 4) is 0 Å². The first-order valence-corrected chi connectivity index (χ1v) is 5.84. The third kappa shape index (κ3) is 2.39. The van der Waals surface area contributed by atoms with Crippen molar-refractivity contribution < 1.29 is 4.79 Å². The maximum atomic E-state index is 11.5. The summed E-state index contributed by atoms with van der Waals surface area (Å²) < 4.78 is 0.986. The van der Waals surface area contributed by atoms with E-state index in [1.54, 1.807) is 6.08 Å². The molecule has 0 radical (unpaired) electrons. The molecule has 1 aromatic carbocycles. The SMILES string of the molecule is CCC1=N/C(=C/c2cccc(Br)c2)C(=O)N1. The van der Waals surface area contributed by atoms with Crippen LogP contribution >= 0.6 is 15.9 Å². The molecule has 1 amide bonds. The molecule has 0 unspecified atom stereocenters. The van der Waals surface area contributed by atoms with Crippen LogP contribution in [0.25, 0.3) is 6.08 Å². The van der Waals surface area contributed by atoms with Crippen LogP contribution in [-0.4, -0.2) is 11.7 Å². The molecule has 0 saturated carbocycles. The molecule has 4 heteroatoms. The minimum absolute atomic E-state index is 0.128. The van der Waals surface area contributed by atoms with Crippen LogP contribution in [0.15, 0.2) is 39.4 Å². The molecule has 82 valence electrons. The quantitative estimate of drug-likeness (QED) is 0.831. The largest absolute Gasteiger partial charge is 0.309 e. The molecule has 1 aliphatic rings. The number of aliphatic imine (C=N–C) groups is 1. The molecule has 0 bridgehead atoms. The summed E-state index contributed by atoms with van der Waals surface area (Å²) in [7, 11) is 0. The number of hydrogen-bond acceptors (Lipinski definition) is 2. The number of amidine groups is 1. The van der Waals surface area contributed by atoms with E-state index in [1.165, 1.54) is 0 Å². The van der Waals surface area contributed by atoms with Crippen LogP contribution in [0.2, 0.25) is 0 Å². The fourth-order valence-electron chi connectivity index (χ4n) is 1.44. The molecular weight excluding hydrogens is 268 g/mol. The predicted octanol–water partition coefficient (Wildman–Crippen LogP) is 2.73. The highest BCUT2D eigenvalue weighted by Crippen LogP contribution is 2.16. The van der Waals surface area contributed by atoms with Crippen molar-refractivity contribution in [3.63, 3.8) is 0 Å². The molecule has 3 nitrogen and oxygen atoms in total. The maximum Gasteiger partial charge on any atom is 0.275 e. The zero-order valence-electron chi connectivity index (χ0n) is 8.83. The Morgan fingerprint density at radius 1 is 1.50 bits per heavy atom. The third-order valence-corrected chi connectivity index (χ3v) is 2.73. The summed E-state index contributed by atoms with van der Waals surface area (Å²) in [6, 6.07) is 7.75. The number of amides is 1. The average molecular weight is 279 g/mol. The smallest absolute Gasteiger partial charge is 0.275 e. The predicted molar refractivity (Wildman–Crippen MR) is 68.0 cm³/mol. The van der Waals surface area contributed by atoms with Gasteiger partial charge >= 0.3 is 0 Å². The number of nitrogens with one attached hydrogen (secondary N) is 1. The summed E-state index contributed by atoms with van der Waals surface area (Å²) >= 11 is 3.39. The van der Waals surface area contributed by atoms with Gasteiger partial charge in [0.05, 0.1) is 0 Å². The van der Waals surface area contributed by atoms with Crippen molar-refractivity contribution in [1.29, 1.82) is 0 Å². The van der Waals surface area contributed by atoms with Crippen LogP contribution in [0.4, 0.5) is 0 Å². The van der Waals surface area contributed by atoms with Crippen LogP contribution in [0.1, 0.15) is 18.9 Å². The van der Waals surface area contributed by atoms with E-state index in [0.717, 1.165) is 22.3 Å². The number of halogens is 1. The summed E-state index contributed by atoms with van der Waals surface area (Å²) in [6.07, 6.45) is 2.52. The van der Waals surface area contributed by atoms with Crippen LogP contribution < -0.4 is 5.32 Å². The molecule has 0 saturated heterocycles. The molecule has 0 aromatic heterocycles. The van der Waals surface area contributed by atoms with Gasteiger partial charge in [0, 0.05) is 10.9 Å². The number of carbonyl (C=O) groups excluding carboxylic acids is 1. The van der Waals surface area contributed by atoms with Crippen LogP contribution in [0.5, 0.6) is 0 Å². The fourth-order valence-corrected chi connectivity index (χ4v) is 1.86. The van der Waals surface area contributed by atoms with E-state index in [2.05, 4.69) is 26.2 Å². The standard InChI is InChI=1S/C12H11BrN2O/c1-2-11-14-10(12(16)15-11)7-8-4-3-5-9(13)6-8/h3-7H,2H2,1H3,(H,14,15,16)/b10-7+. The van der Waals surface area contributed by atoms with Gasteiger partial charge in [-0.15, -0.1) is 0 Å². The minimum atomic E-state index is -0.128. The van der Waals surface area contributed by atoms with Gasteiger partial charge in [-0.05, 0) is 23.8 Å². The van der Waals surface area contributed by atoms with Crippen LogP contribution in [0, 0.1) is 0 Å².